The van der Waals surface area contributed by atoms with Crippen molar-refractivity contribution < 1.29 is 9.53 Å². The van der Waals surface area contributed by atoms with E-state index in [-0.39, 0.29) is 5.91 Å². The number of anilines is 1. The van der Waals surface area contributed by atoms with Crippen LogP contribution >= 0.6 is 11.8 Å². The lowest BCUT2D eigenvalue weighted by molar-refractivity contribution is 0.0804. The molecule has 24 heavy (non-hydrogen) atoms. The second-order valence-corrected chi connectivity index (χ2v) is 7.32. The summed E-state index contributed by atoms with van der Waals surface area (Å²) in [5, 5.41) is 0. The molecule has 5 heteroatoms. The number of ether oxygens (including phenoxy) is 1. The summed E-state index contributed by atoms with van der Waals surface area (Å²) in [4.78, 5) is 20.1. The van der Waals surface area contributed by atoms with Crippen LogP contribution in [0.1, 0.15) is 34.7 Å². The minimum absolute atomic E-state index is 0.0518. The summed E-state index contributed by atoms with van der Waals surface area (Å²) in [6, 6.07) is 10.0. The number of aromatic nitrogens is 1. The van der Waals surface area contributed by atoms with Crippen molar-refractivity contribution in [3.8, 4) is 0 Å². The average molecular weight is 340 g/mol. The summed E-state index contributed by atoms with van der Waals surface area (Å²) in [6.45, 7) is 2.38. The zero-order valence-corrected chi connectivity index (χ0v) is 14.3. The number of fused-ring (bicyclic) bond motifs is 1. The van der Waals surface area contributed by atoms with Crippen molar-refractivity contribution in [2.75, 3.05) is 30.4 Å². The van der Waals surface area contributed by atoms with Gasteiger partial charge in [0.15, 0.2) is 0 Å². The number of rotatable bonds is 2. The molecule has 124 valence electrons. The molecular formula is C19H20N2O2S. The Hall–Kier alpha value is -1.85. The second-order valence-electron chi connectivity index (χ2n) is 6.18. The largest absolute Gasteiger partial charge is 0.381 e. The SMILES string of the molecule is O=C(c1ccc(C2CCCOC2)cc1)N1CCSc2ccncc21. The molecule has 1 atom stereocenters. The molecule has 1 amide bonds. The second kappa shape index (κ2) is 6.95. The Morgan fingerprint density at radius 2 is 2.12 bits per heavy atom. The molecule has 4 nitrogen and oxygen atoms in total. The van der Waals surface area contributed by atoms with Crippen molar-refractivity contribution in [2.24, 2.45) is 0 Å². The van der Waals surface area contributed by atoms with Crippen LogP contribution in [-0.2, 0) is 4.74 Å². The van der Waals surface area contributed by atoms with Crippen molar-refractivity contribution in [3.05, 3.63) is 53.9 Å². The highest BCUT2D eigenvalue weighted by atomic mass is 32.2. The van der Waals surface area contributed by atoms with Gasteiger partial charge in [0.2, 0.25) is 0 Å². The number of carbonyl (C=O) groups is 1. The van der Waals surface area contributed by atoms with Gasteiger partial charge in [-0.3, -0.25) is 9.78 Å². The molecular weight excluding hydrogens is 320 g/mol. The fourth-order valence-electron chi connectivity index (χ4n) is 3.33. The van der Waals surface area contributed by atoms with E-state index in [9.17, 15) is 4.79 Å². The fourth-order valence-corrected chi connectivity index (χ4v) is 4.30. The first kappa shape index (κ1) is 15.7. The van der Waals surface area contributed by atoms with Crippen LogP contribution in [0.5, 0.6) is 0 Å². The van der Waals surface area contributed by atoms with Crippen LogP contribution in [0, 0.1) is 0 Å². The van der Waals surface area contributed by atoms with Gasteiger partial charge in [0.25, 0.3) is 5.91 Å². The summed E-state index contributed by atoms with van der Waals surface area (Å²) in [5.74, 6) is 1.43. The Morgan fingerprint density at radius 1 is 1.25 bits per heavy atom. The molecule has 2 aromatic rings. The number of hydrogen-bond donors (Lipinski definition) is 0. The molecule has 0 saturated carbocycles. The number of pyridine rings is 1. The van der Waals surface area contributed by atoms with Gasteiger partial charge < -0.3 is 9.64 Å². The number of amides is 1. The Morgan fingerprint density at radius 3 is 2.92 bits per heavy atom. The maximum absolute atomic E-state index is 12.9. The minimum atomic E-state index is 0.0518. The third-order valence-corrected chi connectivity index (χ3v) is 5.70. The number of benzene rings is 1. The van der Waals surface area contributed by atoms with Gasteiger partial charge in [0.1, 0.15) is 0 Å². The highest BCUT2D eigenvalue weighted by Gasteiger charge is 2.24. The molecule has 0 bridgehead atoms. The molecule has 1 unspecified atom stereocenters. The lowest BCUT2D eigenvalue weighted by Gasteiger charge is -2.28. The third-order valence-electron chi connectivity index (χ3n) is 4.66. The van der Waals surface area contributed by atoms with E-state index in [0.29, 0.717) is 5.92 Å². The van der Waals surface area contributed by atoms with E-state index in [1.807, 2.05) is 23.1 Å². The zero-order chi connectivity index (χ0) is 16.4. The van der Waals surface area contributed by atoms with Gasteiger partial charge in [-0.2, -0.15) is 0 Å². The van der Waals surface area contributed by atoms with Crippen LogP contribution < -0.4 is 4.90 Å². The van der Waals surface area contributed by atoms with Crippen LogP contribution in [0.3, 0.4) is 0 Å². The summed E-state index contributed by atoms with van der Waals surface area (Å²) >= 11 is 1.78. The molecule has 1 saturated heterocycles. The standard InChI is InChI=1S/C19H20N2O2S/c22-19(21-9-11-24-18-7-8-20-12-17(18)21)15-5-3-14(4-6-15)16-2-1-10-23-13-16/h3-8,12,16H,1-2,9-11,13H2. The normalized spacial score (nSPS) is 20.5. The Kier molecular flexibility index (Phi) is 4.54. The lowest BCUT2D eigenvalue weighted by atomic mass is 9.93. The van der Waals surface area contributed by atoms with E-state index in [4.69, 9.17) is 4.74 Å². The minimum Gasteiger partial charge on any atom is -0.381 e. The number of carbonyl (C=O) groups excluding carboxylic acids is 1. The highest BCUT2D eigenvalue weighted by molar-refractivity contribution is 7.99. The van der Waals surface area contributed by atoms with Crippen LogP contribution in [0.25, 0.3) is 0 Å². The highest BCUT2D eigenvalue weighted by Crippen LogP contribution is 2.34. The predicted molar refractivity (Wildman–Crippen MR) is 95.9 cm³/mol. The molecule has 2 aliphatic heterocycles. The van der Waals surface area contributed by atoms with Crippen LogP contribution in [-0.4, -0.2) is 36.4 Å². The maximum atomic E-state index is 12.9. The first-order valence-corrected chi connectivity index (χ1v) is 9.38. The fraction of sp³-hybridized carbons (Fsp3) is 0.368. The van der Waals surface area contributed by atoms with E-state index >= 15 is 0 Å². The van der Waals surface area contributed by atoms with E-state index in [2.05, 4.69) is 17.1 Å². The molecule has 0 aliphatic carbocycles. The molecule has 0 radical (unpaired) electrons. The molecule has 1 fully saturated rings. The van der Waals surface area contributed by atoms with Gasteiger partial charge in [0, 0.05) is 41.5 Å². The van der Waals surface area contributed by atoms with Gasteiger partial charge in [-0.15, -0.1) is 11.8 Å². The van der Waals surface area contributed by atoms with Crippen molar-refractivity contribution in [2.45, 2.75) is 23.7 Å². The van der Waals surface area contributed by atoms with Gasteiger partial charge in [-0.25, -0.2) is 0 Å². The van der Waals surface area contributed by atoms with Crippen LogP contribution in [0.2, 0.25) is 0 Å². The molecule has 0 spiro atoms. The summed E-state index contributed by atoms with van der Waals surface area (Å²) in [7, 11) is 0. The smallest absolute Gasteiger partial charge is 0.258 e. The molecule has 1 aromatic carbocycles. The molecule has 4 rings (SSSR count). The third kappa shape index (κ3) is 3.06. The van der Waals surface area contributed by atoms with Gasteiger partial charge in [-0.1, -0.05) is 12.1 Å². The van der Waals surface area contributed by atoms with Crippen molar-refractivity contribution >= 4 is 23.4 Å². The predicted octanol–water partition coefficient (Wildman–Crippen LogP) is 3.73. The van der Waals surface area contributed by atoms with Crippen molar-refractivity contribution in [1.82, 2.24) is 4.98 Å². The van der Waals surface area contributed by atoms with E-state index in [1.165, 1.54) is 5.56 Å². The Balaban J connectivity index is 1.55. The average Bonchev–Trinajstić information content (AvgIpc) is 2.68. The monoisotopic (exact) mass is 340 g/mol. The van der Waals surface area contributed by atoms with Gasteiger partial charge >= 0.3 is 0 Å². The molecule has 1 aromatic heterocycles. The summed E-state index contributed by atoms with van der Waals surface area (Å²) in [5.41, 5.74) is 2.92. The van der Waals surface area contributed by atoms with Crippen molar-refractivity contribution in [3.63, 3.8) is 0 Å². The van der Waals surface area contributed by atoms with Crippen molar-refractivity contribution in [1.29, 1.82) is 0 Å². The lowest BCUT2D eigenvalue weighted by Crippen LogP contribution is -2.35. The first-order chi connectivity index (χ1) is 11.8. The summed E-state index contributed by atoms with van der Waals surface area (Å²) in [6.07, 6.45) is 5.84. The number of nitrogens with zero attached hydrogens (tertiary/aromatic N) is 2. The van der Waals surface area contributed by atoms with Crippen LogP contribution in [0.4, 0.5) is 5.69 Å². The number of hydrogen-bond acceptors (Lipinski definition) is 4. The van der Waals surface area contributed by atoms with E-state index in [0.717, 1.165) is 54.5 Å². The Labute approximate surface area is 146 Å². The topological polar surface area (TPSA) is 42.4 Å². The quantitative estimate of drug-likeness (QED) is 0.835. The summed E-state index contributed by atoms with van der Waals surface area (Å²) < 4.78 is 5.56. The zero-order valence-electron chi connectivity index (χ0n) is 13.5. The first-order valence-electron chi connectivity index (χ1n) is 8.39. The number of thioether (sulfide) groups is 1. The van der Waals surface area contributed by atoms with Gasteiger partial charge in [0.05, 0.1) is 18.5 Å². The molecule has 0 N–H and O–H groups in total. The van der Waals surface area contributed by atoms with E-state index < -0.39 is 0 Å². The van der Waals surface area contributed by atoms with Crippen LogP contribution in [0.15, 0.2) is 47.6 Å². The maximum Gasteiger partial charge on any atom is 0.258 e. The molecule has 3 heterocycles. The Bertz CT molecular complexity index is 726. The molecule has 2 aliphatic rings. The van der Waals surface area contributed by atoms with Gasteiger partial charge in [-0.05, 0) is 36.6 Å². The van der Waals surface area contributed by atoms with E-state index in [1.54, 1.807) is 24.2 Å².